The molecule has 0 aliphatic carbocycles. The molecule has 1 heterocycles. The predicted molar refractivity (Wildman–Crippen MR) is 79.3 cm³/mol. The van der Waals surface area contributed by atoms with Gasteiger partial charge in [-0.25, -0.2) is 0 Å². The van der Waals surface area contributed by atoms with E-state index in [9.17, 15) is 0 Å². The molecule has 3 heteroatoms. The van der Waals surface area contributed by atoms with Crippen molar-refractivity contribution >= 4 is 0 Å². The molecular formula is C16H26N2O. The van der Waals surface area contributed by atoms with Gasteiger partial charge in [-0.1, -0.05) is 32.0 Å². The number of nitrogens with zero attached hydrogens (tertiary/aromatic N) is 1. The standard InChI is InChI=1S/C16H26N2O/c1-13(2)15-7-5-9-18(15)10-11-19-16-8-4-3-6-14(16)12-17/h3-4,6,8,13,15H,5,7,9-12,17H2,1-2H3. The van der Waals surface area contributed by atoms with Crippen molar-refractivity contribution in [1.29, 1.82) is 0 Å². The van der Waals surface area contributed by atoms with Crippen molar-refractivity contribution in [3.8, 4) is 5.75 Å². The Labute approximate surface area is 116 Å². The highest BCUT2D eigenvalue weighted by molar-refractivity contribution is 5.32. The molecular weight excluding hydrogens is 236 g/mol. The zero-order valence-corrected chi connectivity index (χ0v) is 12.1. The lowest BCUT2D eigenvalue weighted by Gasteiger charge is -2.27. The zero-order chi connectivity index (χ0) is 13.7. The molecule has 0 radical (unpaired) electrons. The Bertz CT molecular complexity index is 392. The molecule has 0 aromatic heterocycles. The maximum absolute atomic E-state index is 5.90. The van der Waals surface area contributed by atoms with E-state index in [1.807, 2.05) is 24.3 Å². The molecule has 0 amide bonds. The second kappa shape index (κ2) is 6.92. The molecule has 1 fully saturated rings. The molecule has 2 N–H and O–H groups in total. The quantitative estimate of drug-likeness (QED) is 0.856. The van der Waals surface area contributed by atoms with E-state index in [0.717, 1.165) is 36.4 Å². The van der Waals surface area contributed by atoms with Crippen LogP contribution in [0.2, 0.25) is 0 Å². The predicted octanol–water partition coefficient (Wildman–Crippen LogP) is 2.64. The van der Waals surface area contributed by atoms with Crippen LogP contribution in [0.3, 0.4) is 0 Å². The van der Waals surface area contributed by atoms with Gasteiger partial charge in [0.25, 0.3) is 0 Å². The highest BCUT2D eigenvalue weighted by Crippen LogP contribution is 2.23. The van der Waals surface area contributed by atoms with E-state index < -0.39 is 0 Å². The molecule has 0 bridgehead atoms. The summed E-state index contributed by atoms with van der Waals surface area (Å²) < 4.78 is 5.90. The van der Waals surface area contributed by atoms with Crippen molar-refractivity contribution in [2.24, 2.45) is 11.7 Å². The molecule has 0 spiro atoms. The molecule has 1 atom stereocenters. The third-order valence-corrected chi connectivity index (χ3v) is 4.01. The van der Waals surface area contributed by atoms with Gasteiger partial charge in [-0.3, -0.25) is 4.90 Å². The molecule has 1 aromatic carbocycles. The van der Waals surface area contributed by atoms with E-state index >= 15 is 0 Å². The van der Waals surface area contributed by atoms with Crippen LogP contribution in [0.5, 0.6) is 5.75 Å². The van der Waals surface area contributed by atoms with Gasteiger partial charge in [0.05, 0.1) is 0 Å². The van der Waals surface area contributed by atoms with E-state index in [1.54, 1.807) is 0 Å². The summed E-state index contributed by atoms with van der Waals surface area (Å²) in [5.74, 6) is 1.67. The summed E-state index contributed by atoms with van der Waals surface area (Å²) in [6, 6.07) is 8.77. The van der Waals surface area contributed by atoms with Gasteiger partial charge in [-0.2, -0.15) is 0 Å². The molecule has 19 heavy (non-hydrogen) atoms. The van der Waals surface area contributed by atoms with Crippen LogP contribution >= 0.6 is 0 Å². The molecule has 0 saturated carbocycles. The third kappa shape index (κ3) is 3.71. The van der Waals surface area contributed by atoms with Crippen molar-refractivity contribution in [3.05, 3.63) is 29.8 Å². The second-order valence-electron chi connectivity index (χ2n) is 5.65. The Balaban J connectivity index is 1.83. The van der Waals surface area contributed by atoms with Crippen LogP contribution in [-0.2, 0) is 6.54 Å². The van der Waals surface area contributed by atoms with E-state index in [2.05, 4.69) is 18.7 Å². The number of nitrogens with two attached hydrogens (primary N) is 1. The Morgan fingerprint density at radius 3 is 2.89 bits per heavy atom. The topological polar surface area (TPSA) is 38.5 Å². The molecule has 106 valence electrons. The number of para-hydroxylation sites is 1. The number of hydrogen-bond donors (Lipinski definition) is 1. The van der Waals surface area contributed by atoms with Crippen LogP contribution in [0, 0.1) is 5.92 Å². The summed E-state index contributed by atoms with van der Waals surface area (Å²) >= 11 is 0. The normalized spacial score (nSPS) is 20.1. The molecule has 3 nitrogen and oxygen atoms in total. The van der Waals surface area contributed by atoms with Crippen LogP contribution in [0.25, 0.3) is 0 Å². The molecule has 1 saturated heterocycles. The average molecular weight is 262 g/mol. The summed E-state index contributed by atoms with van der Waals surface area (Å²) in [5.41, 5.74) is 6.80. The minimum absolute atomic E-state index is 0.536. The number of hydrogen-bond acceptors (Lipinski definition) is 3. The smallest absolute Gasteiger partial charge is 0.123 e. The number of rotatable bonds is 6. The summed E-state index contributed by atoms with van der Waals surface area (Å²) in [7, 11) is 0. The Kier molecular flexibility index (Phi) is 5.23. The van der Waals surface area contributed by atoms with Gasteiger partial charge in [-0.15, -0.1) is 0 Å². The number of likely N-dealkylation sites (tertiary alicyclic amines) is 1. The monoisotopic (exact) mass is 262 g/mol. The first-order valence-electron chi connectivity index (χ1n) is 7.37. The van der Waals surface area contributed by atoms with Crippen LogP contribution in [0.1, 0.15) is 32.3 Å². The summed E-state index contributed by atoms with van der Waals surface area (Å²) in [5, 5.41) is 0. The van der Waals surface area contributed by atoms with Gasteiger partial charge >= 0.3 is 0 Å². The van der Waals surface area contributed by atoms with Crippen molar-refractivity contribution < 1.29 is 4.74 Å². The van der Waals surface area contributed by atoms with Gasteiger partial charge in [0.2, 0.25) is 0 Å². The first kappa shape index (κ1) is 14.4. The molecule has 1 unspecified atom stereocenters. The fourth-order valence-electron chi connectivity index (χ4n) is 2.97. The third-order valence-electron chi connectivity index (χ3n) is 4.01. The zero-order valence-electron chi connectivity index (χ0n) is 12.1. The van der Waals surface area contributed by atoms with Crippen molar-refractivity contribution in [3.63, 3.8) is 0 Å². The number of benzene rings is 1. The van der Waals surface area contributed by atoms with Gasteiger partial charge in [0.15, 0.2) is 0 Å². The first-order valence-corrected chi connectivity index (χ1v) is 7.37. The summed E-state index contributed by atoms with van der Waals surface area (Å²) in [6.45, 7) is 8.14. The largest absolute Gasteiger partial charge is 0.492 e. The average Bonchev–Trinajstić information content (AvgIpc) is 2.88. The van der Waals surface area contributed by atoms with Crippen LogP contribution in [0.15, 0.2) is 24.3 Å². The molecule has 2 rings (SSSR count). The fraction of sp³-hybridized carbons (Fsp3) is 0.625. The van der Waals surface area contributed by atoms with Gasteiger partial charge in [0.1, 0.15) is 12.4 Å². The molecule has 1 aromatic rings. The number of ether oxygens (including phenoxy) is 1. The van der Waals surface area contributed by atoms with E-state index in [4.69, 9.17) is 10.5 Å². The van der Waals surface area contributed by atoms with Crippen LogP contribution in [-0.4, -0.2) is 30.6 Å². The van der Waals surface area contributed by atoms with Gasteiger partial charge in [-0.05, 0) is 31.4 Å². The van der Waals surface area contributed by atoms with Gasteiger partial charge in [0, 0.05) is 24.7 Å². The lowest BCUT2D eigenvalue weighted by molar-refractivity contribution is 0.168. The second-order valence-corrected chi connectivity index (χ2v) is 5.65. The highest BCUT2D eigenvalue weighted by atomic mass is 16.5. The van der Waals surface area contributed by atoms with E-state index in [-0.39, 0.29) is 0 Å². The Morgan fingerprint density at radius 2 is 2.16 bits per heavy atom. The lowest BCUT2D eigenvalue weighted by atomic mass is 10.0. The van der Waals surface area contributed by atoms with Crippen LogP contribution < -0.4 is 10.5 Å². The Morgan fingerprint density at radius 1 is 1.37 bits per heavy atom. The minimum atomic E-state index is 0.536. The van der Waals surface area contributed by atoms with Gasteiger partial charge < -0.3 is 10.5 Å². The van der Waals surface area contributed by atoms with Crippen molar-refractivity contribution in [1.82, 2.24) is 4.90 Å². The molecule has 1 aliphatic heterocycles. The minimum Gasteiger partial charge on any atom is -0.492 e. The van der Waals surface area contributed by atoms with Crippen molar-refractivity contribution in [2.75, 3.05) is 19.7 Å². The van der Waals surface area contributed by atoms with E-state index in [0.29, 0.717) is 6.54 Å². The Hall–Kier alpha value is -1.06. The maximum atomic E-state index is 5.90. The maximum Gasteiger partial charge on any atom is 0.123 e. The first-order chi connectivity index (χ1) is 9.22. The summed E-state index contributed by atoms with van der Waals surface area (Å²) in [4.78, 5) is 2.57. The highest BCUT2D eigenvalue weighted by Gasteiger charge is 2.26. The van der Waals surface area contributed by atoms with Crippen LogP contribution in [0.4, 0.5) is 0 Å². The summed E-state index contributed by atoms with van der Waals surface area (Å²) in [6.07, 6.45) is 2.65. The SMILES string of the molecule is CC(C)C1CCCN1CCOc1ccccc1CN. The molecule has 1 aliphatic rings. The fourth-order valence-corrected chi connectivity index (χ4v) is 2.97. The van der Waals surface area contributed by atoms with E-state index in [1.165, 1.54) is 19.4 Å². The van der Waals surface area contributed by atoms with Crippen molar-refractivity contribution in [2.45, 2.75) is 39.3 Å². The lowest BCUT2D eigenvalue weighted by Crippen LogP contribution is -2.36.